The Bertz CT molecular complexity index is 822. The van der Waals surface area contributed by atoms with Crippen LogP contribution in [0.15, 0.2) is 42.7 Å². The minimum Gasteiger partial charge on any atom is -0.476 e. The SMILES string of the molecule is O=C(O)c1cnc(N2CCS(=O)(=O)C(Cc3ccccc3)C2)cn1. The Morgan fingerprint density at radius 2 is 1.96 bits per heavy atom. The summed E-state index contributed by atoms with van der Waals surface area (Å²) in [5.41, 5.74) is 0.837. The molecule has 0 amide bonds. The minimum atomic E-state index is -3.17. The van der Waals surface area contributed by atoms with E-state index in [1.807, 2.05) is 35.2 Å². The van der Waals surface area contributed by atoms with E-state index in [9.17, 15) is 13.2 Å². The van der Waals surface area contributed by atoms with Gasteiger partial charge in [0, 0.05) is 13.1 Å². The highest BCUT2D eigenvalue weighted by atomic mass is 32.2. The molecule has 7 nitrogen and oxygen atoms in total. The lowest BCUT2D eigenvalue weighted by atomic mass is 10.1. The summed E-state index contributed by atoms with van der Waals surface area (Å²) in [6.07, 6.45) is 3.01. The lowest BCUT2D eigenvalue weighted by Crippen LogP contribution is -2.48. The number of aromatic carboxylic acids is 1. The summed E-state index contributed by atoms with van der Waals surface area (Å²) >= 11 is 0. The van der Waals surface area contributed by atoms with E-state index in [4.69, 9.17) is 5.11 Å². The average molecular weight is 347 g/mol. The summed E-state index contributed by atoms with van der Waals surface area (Å²) in [5.74, 6) is -0.599. The van der Waals surface area contributed by atoms with Gasteiger partial charge in [0.1, 0.15) is 5.82 Å². The van der Waals surface area contributed by atoms with Crippen molar-refractivity contribution >= 4 is 21.6 Å². The van der Waals surface area contributed by atoms with E-state index in [1.165, 1.54) is 12.4 Å². The van der Waals surface area contributed by atoms with Gasteiger partial charge in [0.2, 0.25) is 0 Å². The molecule has 1 unspecified atom stereocenters. The second-order valence-electron chi connectivity index (χ2n) is 5.69. The molecule has 1 aliphatic heterocycles. The predicted molar refractivity (Wildman–Crippen MR) is 88.9 cm³/mol. The van der Waals surface area contributed by atoms with E-state index in [0.29, 0.717) is 25.3 Å². The third kappa shape index (κ3) is 3.53. The van der Waals surface area contributed by atoms with Crippen LogP contribution in [0.3, 0.4) is 0 Å². The second-order valence-corrected chi connectivity index (χ2v) is 8.09. The van der Waals surface area contributed by atoms with Crippen LogP contribution >= 0.6 is 0 Å². The zero-order valence-corrected chi connectivity index (χ0v) is 13.7. The Morgan fingerprint density at radius 1 is 1.21 bits per heavy atom. The standard InChI is InChI=1S/C16H17N3O4S/c20-16(21)14-9-18-15(10-17-14)19-6-7-24(22,23)13(11-19)8-12-4-2-1-3-5-12/h1-5,9-10,13H,6-8,11H2,(H,20,21). The largest absolute Gasteiger partial charge is 0.476 e. The maximum atomic E-state index is 12.4. The van der Waals surface area contributed by atoms with E-state index >= 15 is 0 Å². The molecule has 1 fully saturated rings. The Labute approximate surface area is 139 Å². The number of hydrogen-bond acceptors (Lipinski definition) is 6. The fourth-order valence-corrected chi connectivity index (χ4v) is 4.39. The van der Waals surface area contributed by atoms with Gasteiger partial charge in [-0.25, -0.2) is 23.2 Å². The van der Waals surface area contributed by atoms with Gasteiger partial charge in [-0.1, -0.05) is 30.3 Å². The number of aromatic nitrogens is 2. The molecule has 0 radical (unpaired) electrons. The van der Waals surface area contributed by atoms with E-state index in [1.54, 1.807) is 0 Å². The smallest absolute Gasteiger partial charge is 0.356 e. The second kappa shape index (κ2) is 6.56. The van der Waals surface area contributed by atoms with Gasteiger partial charge in [-0.15, -0.1) is 0 Å². The Balaban J connectivity index is 1.78. The lowest BCUT2D eigenvalue weighted by Gasteiger charge is -2.33. The Morgan fingerprint density at radius 3 is 2.58 bits per heavy atom. The number of rotatable bonds is 4. The Kier molecular flexibility index (Phi) is 4.48. The molecule has 2 aromatic rings. The van der Waals surface area contributed by atoms with Gasteiger partial charge in [-0.2, -0.15) is 0 Å². The molecule has 1 aliphatic rings. The van der Waals surface area contributed by atoms with Crippen molar-refractivity contribution in [3.05, 3.63) is 54.0 Å². The monoisotopic (exact) mass is 347 g/mol. The molecule has 126 valence electrons. The number of sulfone groups is 1. The lowest BCUT2D eigenvalue weighted by molar-refractivity contribution is 0.0690. The molecular formula is C16H17N3O4S. The highest BCUT2D eigenvalue weighted by Gasteiger charge is 2.33. The fraction of sp³-hybridized carbons (Fsp3) is 0.312. The number of anilines is 1. The first-order valence-electron chi connectivity index (χ1n) is 7.51. The quantitative estimate of drug-likeness (QED) is 0.881. The molecule has 0 bridgehead atoms. The molecule has 0 saturated carbocycles. The van der Waals surface area contributed by atoms with Crippen LogP contribution in [0.5, 0.6) is 0 Å². The van der Waals surface area contributed by atoms with E-state index in [0.717, 1.165) is 5.56 Å². The van der Waals surface area contributed by atoms with Crippen LogP contribution in [0, 0.1) is 0 Å². The van der Waals surface area contributed by atoms with Crippen LogP contribution in [-0.4, -0.2) is 53.6 Å². The first kappa shape index (κ1) is 16.4. The van der Waals surface area contributed by atoms with Gasteiger partial charge in [0.05, 0.1) is 23.4 Å². The zero-order chi connectivity index (χ0) is 17.2. The van der Waals surface area contributed by atoms with Gasteiger partial charge in [-0.05, 0) is 12.0 Å². The molecule has 0 spiro atoms. The zero-order valence-electron chi connectivity index (χ0n) is 12.9. The molecule has 0 aliphatic carbocycles. The van der Waals surface area contributed by atoms with Gasteiger partial charge >= 0.3 is 5.97 Å². The summed E-state index contributed by atoms with van der Waals surface area (Å²) in [5, 5.41) is 8.35. The van der Waals surface area contributed by atoms with Crippen molar-refractivity contribution in [3.63, 3.8) is 0 Å². The molecular weight excluding hydrogens is 330 g/mol. The van der Waals surface area contributed by atoms with Crippen LogP contribution in [0.25, 0.3) is 0 Å². The number of nitrogens with zero attached hydrogens (tertiary/aromatic N) is 3. The molecule has 24 heavy (non-hydrogen) atoms. The number of carboxylic acids is 1. The molecule has 1 aromatic carbocycles. The number of carboxylic acid groups (broad SMARTS) is 1. The maximum Gasteiger partial charge on any atom is 0.356 e. The first-order valence-corrected chi connectivity index (χ1v) is 9.23. The fourth-order valence-electron chi connectivity index (χ4n) is 2.73. The van der Waals surface area contributed by atoms with Crippen LogP contribution < -0.4 is 4.90 Å². The van der Waals surface area contributed by atoms with Crippen LogP contribution in [-0.2, 0) is 16.3 Å². The van der Waals surface area contributed by atoms with Crippen molar-refractivity contribution in [2.45, 2.75) is 11.7 Å². The third-order valence-electron chi connectivity index (χ3n) is 4.07. The van der Waals surface area contributed by atoms with Crippen molar-refractivity contribution in [2.75, 3.05) is 23.7 Å². The maximum absolute atomic E-state index is 12.4. The minimum absolute atomic E-state index is 0.0485. The molecule has 1 N–H and O–H groups in total. The van der Waals surface area contributed by atoms with E-state index < -0.39 is 21.1 Å². The number of carbonyl (C=O) groups is 1. The third-order valence-corrected chi connectivity index (χ3v) is 6.15. The molecule has 1 aromatic heterocycles. The summed E-state index contributed by atoms with van der Waals surface area (Å²) < 4.78 is 24.7. The summed E-state index contributed by atoms with van der Waals surface area (Å²) in [4.78, 5) is 20.6. The van der Waals surface area contributed by atoms with Crippen molar-refractivity contribution in [1.29, 1.82) is 0 Å². The Hall–Kier alpha value is -2.48. The highest BCUT2D eigenvalue weighted by molar-refractivity contribution is 7.92. The molecule has 8 heteroatoms. The summed E-state index contributed by atoms with van der Waals surface area (Å²) in [6.45, 7) is 0.646. The van der Waals surface area contributed by atoms with Crippen LogP contribution in [0.2, 0.25) is 0 Å². The van der Waals surface area contributed by atoms with Crippen molar-refractivity contribution in [2.24, 2.45) is 0 Å². The average Bonchev–Trinajstić information content (AvgIpc) is 2.58. The van der Waals surface area contributed by atoms with Gasteiger partial charge < -0.3 is 10.0 Å². The molecule has 1 atom stereocenters. The molecule has 2 heterocycles. The number of benzene rings is 1. The first-order chi connectivity index (χ1) is 11.5. The van der Waals surface area contributed by atoms with Crippen LogP contribution in [0.4, 0.5) is 5.82 Å². The van der Waals surface area contributed by atoms with Crippen molar-refractivity contribution < 1.29 is 18.3 Å². The number of hydrogen-bond donors (Lipinski definition) is 1. The topological polar surface area (TPSA) is 100 Å². The van der Waals surface area contributed by atoms with Gasteiger partial charge in [0.25, 0.3) is 0 Å². The predicted octanol–water partition coefficient (Wildman–Crippen LogP) is 1.02. The van der Waals surface area contributed by atoms with E-state index in [-0.39, 0.29) is 11.4 Å². The molecule has 3 rings (SSSR count). The van der Waals surface area contributed by atoms with Gasteiger partial charge in [0.15, 0.2) is 15.5 Å². The van der Waals surface area contributed by atoms with Crippen molar-refractivity contribution in [3.8, 4) is 0 Å². The summed E-state index contributed by atoms with van der Waals surface area (Å²) in [6, 6.07) is 9.49. The van der Waals surface area contributed by atoms with Crippen molar-refractivity contribution in [1.82, 2.24) is 9.97 Å². The van der Waals surface area contributed by atoms with E-state index in [2.05, 4.69) is 9.97 Å². The van der Waals surface area contributed by atoms with Crippen LogP contribution in [0.1, 0.15) is 16.1 Å². The molecule has 1 saturated heterocycles. The summed E-state index contributed by atoms with van der Waals surface area (Å²) in [7, 11) is -3.17. The van der Waals surface area contributed by atoms with Gasteiger partial charge in [-0.3, -0.25) is 0 Å². The highest BCUT2D eigenvalue weighted by Crippen LogP contribution is 2.21. The normalized spacial score (nSPS) is 19.8.